The zero-order chi connectivity index (χ0) is 25.0. The summed E-state index contributed by atoms with van der Waals surface area (Å²) in [5.41, 5.74) is -0.453. The van der Waals surface area contributed by atoms with E-state index in [1.54, 1.807) is 10.7 Å². The fourth-order valence-corrected chi connectivity index (χ4v) is 3.82. The average molecular weight is 487 g/mol. The Balaban J connectivity index is 1.59. The van der Waals surface area contributed by atoms with Crippen molar-refractivity contribution in [3.63, 3.8) is 0 Å². The van der Waals surface area contributed by atoms with Gasteiger partial charge in [-0.2, -0.15) is 18.3 Å². The van der Waals surface area contributed by atoms with E-state index < -0.39 is 29.2 Å². The lowest BCUT2D eigenvalue weighted by molar-refractivity contribution is -0.141. The minimum Gasteiger partial charge on any atom is -0.373 e. The van der Waals surface area contributed by atoms with Crippen molar-refractivity contribution in [1.29, 1.82) is 0 Å². The van der Waals surface area contributed by atoms with E-state index in [1.807, 2.05) is 0 Å². The van der Waals surface area contributed by atoms with E-state index in [1.165, 1.54) is 17.2 Å². The van der Waals surface area contributed by atoms with Gasteiger partial charge < -0.3 is 14.7 Å². The number of fused-ring (bicyclic) bond motifs is 1. The second-order valence-corrected chi connectivity index (χ2v) is 8.32. The number of pyridine rings is 2. The minimum atomic E-state index is -4.59. The molecule has 12 heteroatoms. The van der Waals surface area contributed by atoms with E-state index in [0.717, 1.165) is 12.3 Å². The van der Waals surface area contributed by atoms with Crippen LogP contribution in [-0.4, -0.2) is 67.6 Å². The van der Waals surface area contributed by atoms with Gasteiger partial charge in [-0.15, -0.1) is 0 Å². The van der Waals surface area contributed by atoms with Crippen molar-refractivity contribution in [2.24, 2.45) is 0 Å². The number of aromatic nitrogens is 4. The van der Waals surface area contributed by atoms with Crippen molar-refractivity contribution in [1.82, 2.24) is 24.6 Å². The van der Waals surface area contributed by atoms with Gasteiger partial charge in [-0.1, -0.05) is 18.4 Å². The molecule has 8 nitrogen and oxygen atoms in total. The highest BCUT2D eigenvalue weighted by Crippen LogP contribution is 2.34. The first-order valence-electron chi connectivity index (χ1n) is 10.4. The summed E-state index contributed by atoms with van der Waals surface area (Å²) in [7, 11) is 0. The molecular formula is C23H17F4N5O3. The maximum Gasteiger partial charge on any atom is 0.433 e. The standard InChI is InChI=1S/C23H17F4N5O3/c1-13(24)21(33)31-9-16(10-31)32-20-14(4-6-22(34)11-35-12-22)5-7-28-19(20)18(30-32)15-2-3-17(29-8-15)23(25,26)27/h2-3,5,7-8,16,34H,1,9-12H2. The lowest BCUT2D eigenvalue weighted by atomic mass is 10.0. The zero-order valence-electron chi connectivity index (χ0n) is 18.0. The van der Waals surface area contributed by atoms with E-state index in [0.29, 0.717) is 22.2 Å². The zero-order valence-corrected chi connectivity index (χ0v) is 18.0. The number of amides is 1. The normalized spacial score (nSPS) is 17.3. The largest absolute Gasteiger partial charge is 0.433 e. The van der Waals surface area contributed by atoms with Crippen LogP contribution in [0, 0.1) is 11.8 Å². The third-order valence-electron chi connectivity index (χ3n) is 5.75. The fourth-order valence-electron chi connectivity index (χ4n) is 3.82. The van der Waals surface area contributed by atoms with Gasteiger partial charge >= 0.3 is 6.18 Å². The van der Waals surface area contributed by atoms with Crippen LogP contribution in [0.4, 0.5) is 17.6 Å². The maximum atomic E-state index is 13.2. The molecule has 2 saturated heterocycles. The molecule has 2 fully saturated rings. The smallest absolute Gasteiger partial charge is 0.373 e. The van der Waals surface area contributed by atoms with Crippen molar-refractivity contribution >= 4 is 16.9 Å². The molecule has 1 N–H and O–H groups in total. The molecule has 2 aliphatic rings. The highest BCUT2D eigenvalue weighted by atomic mass is 19.4. The Morgan fingerprint density at radius 3 is 2.54 bits per heavy atom. The van der Waals surface area contributed by atoms with Crippen LogP contribution in [0.1, 0.15) is 17.3 Å². The van der Waals surface area contributed by atoms with Gasteiger partial charge in [0, 0.05) is 31.0 Å². The van der Waals surface area contributed by atoms with E-state index >= 15 is 0 Å². The Kier molecular flexibility index (Phi) is 5.34. The Morgan fingerprint density at radius 2 is 1.97 bits per heavy atom. The molecule has 0 spiro atoms. The van der Waals surface area contributed by atoms with E-state index in [9.17, 15) is 27.5 Å². The lowest BCUT2D eigenvalue weighted by Gasteiger charge is -2.39. The van der Waals surface area contributed by atoms with Crippen LogP contribution in [0.3, 0.4) is 0 Å². The Bertz CT molecular complexity index is 1390. The number of carbonyl (C=O) groups excluding carboxylic acids is 1. The van der Waals surface area contributed by atoms with Gasteiger partial charge in [0.1, 0.15) is 22.4 Å². The number of likely N-dealkylation sites (tertiary alicyclic amines) is 1. The number of ether oxygens (including phenoxy) is 1. The molecule has 180 valence electrons. The Labute approximate surface area is 195 Å². The molecule has 3 aromatic rings. The van der Waals surface area contributed by atoms with Crippen molar-refractivity contribution in [3.8, 4) is 23.1 Å². The number of hydrogen-bond donors (Lipinski definition) is 1. The SMILES string of the molecule is C=C(F)C(=O)N1CC(n2nc(-c3ccc(C(F)(F)F)nc3)c3nccc(C#CC4(O)COC4)c32)C1. The predicted octanol–water partition coefficient (Wildman–Crippen LogP) is 2.49. The highest BCUT2D eigenvalue weighted by Gasteiger charge is 2.37. The summed E-state index contributed by atoms with van der Waals surface area (Å²) >= 11 is 0. The first kappa shape index (κ1) is 22.9. The fraction of sp³-hybridized carbons (Fsp3) is 0.304. The summed E-state index contributed by atoms with van der Waals surface area (Å²) in [5, 5.41) is 14.9. The number of alkyl halides is 3. The van der Waals surface area contributed by atoms with Gasteiger partial charge in [0.15, 0.2) is 11.4 Å². The van der Waals surface area contributed by atoms with Gasteiger partial charge in [-0.25, -0.2) is 4.39 Å². The summed E-state index contributed by atoms with van der Waals surface area (Å²) in [4.78, 5) is 21.0. The van der Waals surface area contributed by atoms with Crippen molar-refractivity contribution in [3.05, 3.63) is 54.3 Å². The number of rotatable bonds is 3. The number of nitrogens with zero attached hydrogens (tertiary/aromatic N) is 5. The predicted molar refractivity (Wildman–Crippen MR) is 114 cm³/mol. The summed E-state index contributed by atoms with van der Waals surface area (Å²) < 4.78 is 58.7. The second-order valence-electron chi connectivity index (χ2n) is 8.32. The molecule has 0 atom stereocenters. The lowest BCUT2D eigenvalue weighted by Crippen LogP contribution is -2.51. The third kappa shape index (κ3) is 4.13. The highest BCUT2D eigenvalue weighted by molar-refractivity contribution is 5.94. The maximum absolute atomic E-state index is 13.2. The molecule has 2 aliphatic heterocycles. The van der Waals surface area contributed by atoms with Crippen LogP contribution in [0.5, 0.6) is 0 Å². The number of halogens is 4. The number of aliphatic hydroxyl groups is 1. The Morgan fingerprint density at radius 1 is 1.23 bits per heavy atom. The molecule has 0 aromatic carbocycles. The van der Waals surface area contributed by atoms with Crippen LogP contribution in [-0.2, 0) is 15.7 Å². The first-order chi connectivity index (χ1) is 16.6. The molecule has 5 heterocycles. The molecule has 3 aromatic heterocycles. The summed E-state index contributed by atoms with van der Waals surface area (Å²) in [6.07, 6.45) is -2.05. The van der Waals surface area contributed by atoms with Crippen LogP contribution in [0.2, 0.25) is 0 Å². The minimum absolute atomic E-state index is 0.0722. The molecule has 0 aliphatic carbocycles. The molecule has 35 heavy (non-hydrogen) atoms. The van der Waals surface area contributed by atoms with Crippen molar-refractivity contribution in [2.45, 2.75) is 17.8 Å². The van der Waals surface area contributed by atoms with Gasteiger partial charge in [-0.3, -0.25) is 19.4 Å². The van der Waals surface area contributed by atoms with Crippen LogP contribution in [0.25, 0.3) is 22.3 Å². The average Bonchev–Trinajstić information content (AvgIpc) is 3.14. The molecule has 1 amide bonds. The summed E-state index contributed by atoms with van der Waals surface area (Å²) in [6, 6.07) is 3.36. The quantitative estimate of drug-likeness (QED) is 0.347. The molecule has 0 unspecified atom stereocenters. The monoisotopic (exact) mass is 487 g/mol. The summed E-state index contributed by atoms with van der Waals surface area (Å²) in [5.74, 6) is 3.79. The van der Waals surface area contributed by atoms with Gasteiger partial charge in [0.05, 0.1) is 24.8 Å². The van der Waals surface area contributed by atoms with E-state index in [2.05, 4.69) is 33.5 Å². The van der Waals surface area contributed by atoms with Crippen molar-refractivity contribution < 1.29 is 32.2 Å². The topological polar surface area (TPSA) is 93.4 Å². The number of hydrogen-bond acceptors (Lipinski definition) is 6. The first-order valence-corrected chi connectivity index (χ1v) is 10.4. The molecule has 0 bridgehead atoms. The summed E-state index contributed by atoms with van der Waals surface area (Å²) in [6.45, 7) is 3.45. The van der Waals surface area contributed by atoms with Crippen molar-refractivity contribution in [2.75, 3.05) is 26.3 Å². The van der Waals surface area contributed by atoms with E-state index in [4.69, 9.17) is 4.74 Å². The third-order valence-corrected chi connectivity index (χ3v) is 5.75. The second kappa shape index (κ2) is 8.14. The Hall–Kier alpha value is -3.82. The molecule has 5 rings (SSSR count). The molecular weight excluding hydrogens is 470 g/mol. The van der Waals surface area contributed by atoms with Crippen LogP contribution in [0.15, 0.2) is 43.0 Å². The van der Waals surface area contributed by atoms with Gasteiger partial charge in [0.25, 0.3) is 5.91 Å². The number of carbonyl (C=O) groups is 1. The van der Waals surface area contributed by atoms with Gasteiger partial charge in [0.2, 0.25) is 0 Å². The molecule has 0 radical (unpaired) electrons. The van der Waals surface area contributed by atoms with Gasteiger partial charge in [-0.05, 0) is 18.2 Å². The van der Waals surface area contributed by atoms with E-state index in [-0.39, 0.29) is 38.0 Å². The van der Waals surface area contributed by atoms with Crippen LogP contribution >= 0.6 is 0 Å². The molecule has 0 saturated carbocycles. The van der Waals surface area contributed by atoms with Crippen LogP contribution < -0.4 is 0 Å².